The van der Waals surface area contributed by atoms with Gasteiger partial charge < -0.3 is 9.47 Å². The highest BCUT2D eigenvalue weighted by Gasteiger charge is 2.33. The van der Waals surface area contributed by atoms with Crippen molar-refractivity contribution in [1.29, 1.82) is 0 Å². The number of benzene rings is 3. The zero-order valence-electron chi connectivity index (χ0n) is 19.6. The van der Waals surface area contributed by atoms with Crippen molar-refractivity contribution < 1.29 is 32.2 Å². The quantitative estimate of drug-likeness (QED) is 0.189. The molecule has 37 heavy (non-hydrogen) atoms. The van der Waals surface area contributed by atoms with Gasteiger partial charge in [0.2, 0.25) is 0 Å². The van der Waals surface area contributed by atoms with Gasteiger partial charge in [0.25, 0.3) is 0 Å². The first-order chi connectivity index (χ1) is 17.5. The van der Waals surface area contributed by atoms with E-state index in [1.165, 1.54) is 55.5 Å². The second kappa shape index (κ2) is 11.6. The molecule has 0 fully saturated rings. The molecule has 0 aliphatic heterocycles. The summed E-state index contributed by atoms with van der Waals surface area (Å²) in [4.78, 5) is 22.8. The van der Waals surface area contributed by atoms with Crippen LogP contribution in [0.25, 0.3) is 0 Å². The fraction of sp³-hybridized carbons (Fsp3) is 0.0667. The van der Waals surface area contributed by atoms with Crippen LogP contribution in [0.1, 0.15) is 34.7 Å². The Balaban J connectivity index is 1.81. The number of hydrogen-bond acceptors (Lipinski definition) is 4. The summed E-state index contributed by atoms with van der Waals surface area (Å²) in [6.45, 7) is 8.31. The van der Waals surface area contributed by atoms with Crippen LogP contribution in [0.15, 0.2) is 91.5 Å². The third kappa shape index (κ3) is 7.74. The minimum Gasteiger partial charge on any atom is -0.423 e. The molecule has 3 rings (SSSR count). The number of carbonyl (C=O) groups excluding carboxylic acids is 2. The van der Waals surface area contributed by atoms with E-state index in [1.54, 1.807) is 12.1 Å². The number of hydrogen-bond donors (Lipinski definition) is 0. The molecule has 0 atom stereocenters. The lowest BCUT2D eigenvalue weighted by atomic mass is 10.0. The van der Waals surface area contributed by atoms with E-state index in [9.17, 15) is 22.8 Å². The van der Waals surface area contributed by atoms with Crippen LogP contribution in [0.5, 0.6) is 11.5 Å². The van der Waals surface area contributed by atoms with Crippen LogP contribution in [0.3, 0.4) is 0 Å². The van der Waals surface area contributed by atoms with Crippen molar-refractivity contribution in [3.8, 4) is 35.2 Å². The van der Waals surface area contributed by atoms with Gasteiger partial charge >= 0.3 is 18.1 Å². The van der Waals surface area contributed by atoms with Gasteiger partial charge in [-0.2, -0.15) is 13.2 Å². The predicted molar refractivity (Wildman–Crippen MR) is 133 cm³/mol. The van der Waals surface area contributed by atoms with Crippen molar-refractivity contribution in [2.24, 2.45) is 0 Å². The zero-order valence-corrected chi connectivity index (χ0v) is 19.6. The molecule has 0 heterocycles. The van der Waals surface area contributed by atoms with Crippen LogP contribution in [0.2, 0.25) is 0 Å². The normalized spacial score (nSPS) is 10.2. The van der Waals surface area contributed by atoms with Crippen LogP contribution >= 0.6 is 0 Å². The molecule has 3 aromatic rings. The lowest BCUT2D eigenvalue weighted by Gasteiger charge is -2.09. The third-order valence-corrected chi connectivity index (χ3v) is 4.67. The monoisotopic (exact) mass is 500 g/mol. The number of carbonyl (C=O) groups is 2. The molecule has 0 N–H and O–H groups in total. The molecule has 0 unspecified atom stereocenters. The van der Waals surface area contributed by atoms with Crippen molar-refractivity contribution >= 4 is 11.9 Å². The second-order valence-corrected chi connectivity index (χ2v) is 7.60. The largest absolute Gasteiger partial charge is 0.423 e. The van der Waals surface area contributed by atoms with Gasteiger partial charge in [-0.1, -0.05) is 36.8 Å². The Labute approximate surface area is 212 Å². The standard InChI is InChI=1S/C30H19F3O4/c1-4-28(34)36-25-15-9-21(10-16-25)5-6-23-8-14-24(27(19-23)30(31,32)33)13-7-22-11-17-26(18-12-22)37-29(35)20(2)3/h4,8-12,14-19H,1-2H2,3H3. The fourth-order valence-electron chi connectivity index (χ4n) is 2.81. The maximum absolute atomic E-state index is 13.7. The van der Waals surface area contributed by atoms with Gasteiger partial charge in [0, 0.05) is 33.9 Å². The average Bonchev–Trinajstić information content (AvgIpc) is 2.87. The SMILES string of the molecule is C=CC(=O)Oc1ccc(C#Cc2ccc(C#Cc3ccc(OC(=O)C(=C)C)cc3)c(C(F)(F)F)c2)cc1. The molecule has 0 saturated carbocycles. The van der Waals surface area contributed by atoms with Crippen molar-refractivity contribution in [2.45, 2.75) is 13.1 Å². The first-order valence-electron chi connectivity index (χ1n) is 10.7. The lowest BCUT2D eigenvalue weighted by Crippen LogP contribution is -2.08. The maximum Gasteiger partial charge on any atom is 0.417 e. The summed E-state index contributed by atoms with van der Waals surface area (Å²) in [5.41, 5.74) is 0.238. The first kappa shape index (κ1) is 26.6. The summed E-state index contributed by atoms with van der Waals surface area (Å²) in [5, 5.41) is 0. The van der Waals surface area contributed by atoms with Gasteiger partial charge in [-0.3, -0.25) is 0 Å². The van der Waals surface area contributed by atoms with E-state index in [0.717, 1.165) is 12.1 Å². The molecule has 184 valence electrons. The Morgan fingerprint density at radius 3 is 1.78 bits per heavy atom. The molecular formula is C30H19F3O4. The van der Waals surface area contributed by atoms with E-state index in [2.05, 4.69) is 36.8 Å². The van der Waals surface area contributed by atoms with Crippen molar-refractivity contribution in [2.75, 3.05) is 0 Å². The van der Waals surface area contributed by atoms with Crippen LogP contribution in [0, 0.1) is 23.7 Å². The summed E-state index contributed by atoms with van der Waals surface area (Å²) >= 11 is 0. The predicted octanol–water partition coefficient (Wildman–Crippen LogP) is 6.08. The van der Waals surface area contributed by atoms with Crippen LogP contribution in [-0.4, -0.2) is 11.9 Å². The van der Waals surface area contributed by atoms with Gasteiger partial charge in [0.1, 0.15) is 11.5 Å². The number of ether oxygens (including phenoxy) is 2. The third-order valence-electron chi connectivity index (χ3n) is 4.67. The Kier molecular flexibility index (Phi) is 8.35. The summed E-state index contributed by atoms with van der Waals surface area (Å²) in [6, 6.07) is 15.9. The van der Waals surface area contributed by atoms with Gasteiger partial charge in [0.15, 0.2) is 0 Å². The molecule has 0 bridgehead atoms. The highest BCUT2D eigenvalue weighted by atomic mass is 19.4. The molecule has 3 aromatic carbocycles. The van der Waals surface area contributed by atoms with E-state index in [1.807, 2.05) is 0 Å². The average molecular weight is 500 g/mol. The van der Waals surface area contributed by atoms with Gasteiger partial charge in [-0.05, 0) is 73.7 Å². The van der Waals surface area contributed by atoms with Crippen molar-refractivity contribution in [1.82, 2.24) is 0 Å². The molecular weight excluding hydrogens is 481 g/mol. The van der Waals surface area contributed by atoms with E-state index >= 15 is 0 Å². The van der Waals surface area contributed by atoms with E-state index in [-0.39, 0.29) is 22.4 Å². The first-order valence-corrected chi connectivity index (χ1v) is 10.7. The fourth-order valence-corrected chi connectivity index (χ4v) is 2.81. The summed E-state index contributed by atoms with van der Waals surface area (Å²) < 4.78 is 51.2. The Hall–Kier alpha value is -5.01. The number of esters is 2. The summed E-state index contributed by atoms with van der Waals surface area (Å²) in [6.07, 6.45) is -3.61. The molecule has 4 nitrogen and oxygen atoms in total. The van der Waals surface area contributed by atoms with E-state index in [4.69, 9.17) is 9.47 Å². The molecule has 0 aromatic heterocycles. The summed E-state index contributed by atoms with van der Waals surface area (Å²) in [7, 11) is 0. The molecule has 0 aliphatic rings. The van der Waals surface area contributed by atoms with Crippen LogP contribution in [-0.2, 0) is 15.8 Å². The highest BCUT2D eigenvalue weighted by molar-refractivity contribution is 5.88. The Morgan fingerprint density at radius 1 is 0.784 bits per heavy atom. The minimum absolute atomic E-state index is 0.156. The van der Waals surface area contributed by atoms with Gasteiger partial charge in [0.05, 0.1) is 5.56 Å². The molecule has 0 saturated heterocycles. The topological polar surface area (TPSA) is 52.6 Å². The highest BCUT2D eigenvalue weighted by Crippen LogP contribution is 2.32. The number of rotatable bonds is 4. The van der Waals surface area contributed by atoms with Crippen LogP contribution in [0.4, 0.5) is 13.2 Å². The molecule has 0 aliphatic carbocycles. The minimum atomic E-state index is -4.64. The maximum atomic E-state index is 13.7. The Morgan fingerprint density at radius 2 is 1.27 bits per heavy atom. The lowest BCUT2D eigenvalue weighted by molar-refractivity contribution is -0.137. The van der Waals surface area contributed by atoms with Gasteiger partial charge in [-0.25, -0.2) is 9.59 Å². The smallest absolute Gasteiger partial charge is 0.417 e. The van der Waals surface area contributed by atoms with Gasteiger partial charge in [-0.15, -0.1) is 0 Å². The molecule has 0 spiro atoms. The second-order valence-electron chi connectivity index (χ2n) is 7.60. The molecule has 0 radical (unpaired) electrons. The van der Waals surface area contributed by atoms with E-state index in [0.29, 0.717) is 16.9 Å². The Bertz CT molecular complexity index is 1470. The number of halogens is 3. The van der Waals surface area contributed by atoms with Crippen molar-refractivity contribution in [3.63, 3.8) is 0 Å². The summed E-state index contributed by atoms with van der Waals surface area (Å²) in [5.74, 6) is 10.1. The van der Waals surface area contributed by atoms with E-state index < -0.39 is 23.7 Å². The molecule has 7 heteroatoms. The number of alkyl halides is 3. The zero-order chi connectivity index (χ0) is 27.0. The molecule has 0 amide bonds. The van der Waals surface area contributed by atoms with Crippen molar-refractivity contribution in [3.05, 3.63) is 119 Å². The van der Waals surface area contributed by atoms with Crippen LogP contribution < -0.4 is 9.47 Å².